The molecule has 1 aliphatic rings. The summed E-state index contributed by atoms with van der Waals surface area (Å²) in [6.07, 6.45) is 0.634. The highest BCUT2D eigenvalue weighted by Gasteiger charge is 2.38. The molecule has 5 nitrogen and oxygen atoms in total. The molecule has 0 aromatic heterocycles. The van der Waals surface area contributed by atoms with Crippen LogP contribution in [0.3, 0.4) is 0 Å². The lowest BCUT2D eigenvalue weighted by molar-refractivity contribution is -0.149. The lowest BCUT2D eigenvalue weighted by Gasteiger charge is -2.28. The minimum atomic E-state index is -1.08. The molecule has 2 rings (SSSR count). The fourth-order valence-corrected chi connectivity index (χ4v) is 2.30. The third-order valence-corrected chi connectivity index (χ3v) is 3.25. The van der Waals surface area contributed by atoms with Gasteiger partial charge in [-0.1, -0.05) is 12.1 Å². The Kier molecular flexibility index (Phi) is 3.50. The highest BCUT2D eigenvalue weighted by atomic mass is 16.5. The smallest absolute Gasteiger partial charge is 0.316 e. The molecule has 1 heterocycles. The Morgan fingerprint density at radius 3 is 2.61 bits per heavy atom. The van der Waals surface area contributed by atoms with E-state index in [9.17, 15) is 9.59 Å². The minimum absolute atomic E-state index is 0.276. The second kappa shape index (κ2) is 5.08. The van der Waals surface area contributed by atoms with E-state index in [1.165, 1.54) is 0 Å². The molecule has 2 N–H and O–H groups in total. The number of rotatable bonds is 3. The standard InChI is InChI=1S/C13H15NO4/c1-18-9-4-2-8(3-5-9)10-6-7-14-12(15)11(10)13(16)17/h2-5,10-11H,6-7H2,1H3,(H,14,15)(H,16,17)/t10?,11-/m1/s1. The van der Waals surface area contributed by atoms with Crippen molar-refractivity contribution in [3.05, 3.63) is 29.8 Å². The van der Waals surface area contributed by atoms with Crippen LogP contribution in [0.5, 0.6) is 5.75 Å². The number of hydrogen-bond donors (Lipinski definition) is 2. The second-order valence-corrected chi connectivity index (χ2v) is 4.28. The van der Waals surface area contributed by atoms with Gasteiger partial charge in [0.15, 0.2) is 0 Å². The lowest BCUT2D eigenvalue weighted by Crippen LogP contribution is -2.44. The van der Waals surface area contributed by atoms with Crippen molar-refractivity contribution in [3.63, 3.8) is 0 Å². The SMILES string of the molecule is COc1ccc(C2CCNC(=O)[C@@H]2C(=O)O)cc1. The van der Waals surface area contributed by atoms with E-state index >= 15 is 0 Å². The molecule has 1 unspecified atom stereocenters. The number of hydrogen-bond acceptors (Lipinski definition) is 3. The van der Waals surface area contributed by atoms with Crippen LogP contribution in [0.2, 0.25) is 0 Å². The molecule has 1 aliphatic heterocycles. The number of piperidine rings is 1. The summed E-state index contributed by atoms with van der Waals surface area (Å²) >= 11 is 0. The number of methoxy groups -OCH3 is 1. The van der Waals surface area contributed by atoms with Crippen molar-refractivity contribution < 1.29 is 19.4 Å². The molecule has 0 saturated carbocycles. The number of carboxylic acids is 1. The molecule has 2 atom stereocenters. The molecule has 0 radical (unpaired) electrons. The van der Waals surface area contributed by atoms with Crippen LogP contribution in [0, 0.1) is 5.92 Å². The van der Waals surface area contributed by atoms with Crippen LogP contribution >= 0.6 is 0 Å². The number of nitrogens with one attached hydrogen (secondary N) is 1. The zero-order chi connectivity index (χ0) is 13.1. The van der Waals surface area contributed by atoms with Crippen molar-refractivity contribution in [1.29, 1.82) is 0 Å². The second-order valence-electron chi connectivity index (χ2n) is 4.28. The minimum Gasteiger partial charge on any atom is -0.497 e. The maximum absolute atomic E-state index is 11.6. The molecule has 0 aliphatic carbocycles. The highest BCUT2D eigenvalue weighted by Crippen LogP contribution is 2.32. The third kappa shape index (κ3) is 2.30. The Balaban J connectivity index is 2.28. The van der Waals surface area contributed by atoms with Crippen LogP contribution in [0.4, 0.5) is 0 Å². The first-order valence-corrected chi connectivity index (χ1v) is 5.78. The first-order chi connectivity index (χ1) is 8.63. The normalized spacial score (nSPS) is 23.3. The predicted octanol–water partition coefficient (Wildman–Crippen LogP) is 0.999. The van der Waals surface area contributed by atoms with Crippen LogP contribution in [0.15, 0.2) is 24.3 Å². The Labute approximate surface area is 105 Å². The van der Waals surface area contributed by atoms with Crippen molar-refractivity contribution in [2.45, 2.75) is 12.3 Å². The van der Waals surface area contributed by atoms with E-state index in [4.69, 9.17) is 9.84 Å². The molecular formula is C13H15NO4. The van der Waals surface area contributed by atoms with Gasteiger partial charge < -0.3 is 15.2 Å². The molecule has 1 aromatic rings. The molecule has 96 valence electrons. The average molecular weight is 249 g/mol. The van der Waals surface area contributed by atoms with Crippen molar-refractivity contribution >= 4 is 11.9 Å². The predicted molar refractivity (Wildman–Crippen MR) is 64.5 cm³/mol. The first-order valence-electron chi connectivity index (χ1n) is 5.78. The van der Waals surface area contributed by atoms with E-state index < -0.39 is 17.8 Å². The summed E-state index contributed by atoms with van der Waals surface area (Å²) < 4.78 is 5.06. The van der Waals surface area contributed by atoms with Crippen LogP contribution in [0.25, 0.3) is 0 Å². The van der Waals surface area contributed by atoms with Gasteiger partial charge in [0.1, 0.15) is 11.7 Å². The quantitative estimate of drug-likeness (QED) is 0.784. The third-order valence-electron chi connectivity index (χ3n) is 3.25. The van der Waals surface area contributed by atoms with Gasteiger partial charge in [-0.3, -0.25) is 9.59 Å². The van der Waals surface area contributed by atoms with Crippen LogP contribution in [-0.2, 0) is 9.59 Å². The number of amides is 1. The molecule has 18 heavy (non-hydrogen) atoms. The van der Waals surface area contributed by atoms with E-state index in [0.717, 1.165) is 5.56 Å². The molecule has 1 saturated heterocycles. The summed E-state index contributed by atoms with van der Waals surface area (Å²) in [7, 11) is 1.57. The van der Waals surface area contributed by atoms with Crippen molar-refractivity contribution in [2.75, 3.05) is 13.7 Å². The number of aliphatic carboxylic acids is 1. The first kappa shape index (κ1) is 12.4. The van der Waals surface area contributed by atoms with Crippen molar-refractivity contribution in [3.8, 4) is 5.75 Å². The molecule has 5 heteroatoms. The molecule has 1 amide bonds. The molecule has 1 aromatic carbocycles. The Bertz CT molecular complexity index is 455. The monoisotopic (exact) mass is 249 g/mol. The van der Waals surface area contributed by atoms with E-state index in [1.54, 1.807) is 19.2 Å². The van der Waals surface area contributed by atoms with Gasteiger partial charge in [-0.25, -0.2) is 0 Å². The van der Waals surface area contributed by atoms with Gasteiger partial charge in [-0.15, -0.1) is 0 Å². The Morgan fingerprint density at radius 1 is 1.39 bits per heavy atom. The van der Waals surface area contributed by atoms with Crippen LogP contribution in [-0.4, -0.2) is 30.6 Å². The van der Waals surface area contributed by atoms with Gasteiger partial charge in [0, 0.05) is 12.5 Å². The van der Waals surface area contributed by atoms with Gasteiger partial charge in [0.25, 0.3) is 0 Å². The summed E-state index contributed by atoms with van der Waals surface area (Å²) in [6, 6.07) is 7.19. The average Bonchev–Trinajstić information content (AvgIpc) is 2.38. The van der Waals surface area contributed by atoms with Crippen LogP contribution < -0.4 is 10.1 Å². The molecule has 0 bridgehead atoms. The summed E-state index contributed by atoms with van der Waals surface area (Å²) in [6.45, 7) is 0.513. The van der Waals surface area contributed by atoms with Crippen molar-refractivity contribution in [2.24, 2.45) is 5.92 Å². The number of ether oxygens (including phenoxy) is 1. The van der Waals surface area contributed by atoms with Gasteiger partial charge >= 0.3 is 5.97 Å². The fraction of sp³-hybridized carbons (Fsp3) is 0.385. The summed E-state index contributed by atoms with van der Waals surface area (Å²) in [5, 5.41) is 11.7. The topological polar surface area (TPSA) is 75.6 Å². The zero-order valence-electron chi connectivity index (χ0n) is 10.1. The summed E-state index contributed by atoms with van der Waals surface area (Å²) in [5.74, 6) is -2.05. The summed E-state index contributed by atoms with van der Waals surface area (Å²) in [5.41, 5.74) is 0.859. The maximum atomic E-state index is 11.6. The Morgan fingerprint density at radius 2 is 2.06 bits per heavy atom. The Hall–Kier alpha value is -2.04. The van der Waals surface area contributed by atoms with Crippen LogP contribution in [0.1, 0.15) is 17.9 Å². The van der Waals surface area contributed by atoms with Gasteiger partial charge in [-0.2, -0.15) is 0 Å². The van der Waals surface area contributed by atoms with E-state index in [-0.39, 0.29) is 5.92 Å². The van der Waals surface area contributed by atoms with E-state index in [1.807, 2.05) is 12.1 Å². The largest absolute Gasteiger partial charge is 0.497 e. The molecule has 1 fully saturated rings. The number of carbonyl (C=O) groups is 2. The maximum Gasteiger partial charge on any atom is 0.316 e. The molecular weight excluding hydrogens is 234 g/mol. The highest BCUT2D eigenvalue weighted by molar-refractivity contribution is 5.98. The van der Waals surface area contributed by atoms with Gasteiger partial charge in [0.2, 0.25) is 5.91 Å². The van der Waals surface area contributed by atoms with E-state index in [0.29, 0.717) is 18.7 Å². The van der Waals surface area contributed by atoms with E-state index in [2.05, 4.69) is 5.32 Å². The van der Waals surface area contributed by atoms with Gasteiger partial charge in [-0.05, 0) is 24.1 Å². The number of carbonyl (C=O) groups excluding carboxylic acids is 1. The summed E-state index contributed by atoms with van der Waals surface area (Å²) in [4.78, 5) is 22.8. The lowest BCUT2D eigenvalue weighted by atomic mass is 9.80. The number of carboxylic acid groups (broad SMARTS) is 1. The van der Waals surface area contributed by atoms with Gasteiger partial charge in [0.05, 0.1) is 7.11 Å². The fourth-order valence-electron chi connectivity index (χ4n) is 2.30. The molecule has 0 spiro atoms. The van der Waals surface area contributed by atoms with Crippen molar-refractivity contribution in [1.82, 2.24) is 5.32 Å². The number of benzene rings is 1. The zero-order valence-corrected chi connectivity index (χ0v) is 10.1.